The number of nitrogens with zero attached hydrogens (tertiary/aromatic N) is 7. The van der Waals surface area contributed by atoms with Gasteiger partial charge in [0.2, 0.25) is 18.3 Å². The van der Waals surface area contributed by atoms with Crippen molar-refractivity contribution in [1.82, 2.24) is 34.9 Å². The molecule has 0 saturated heterocycles. The molecule has 0 radical (unpaired) electrons. The molecule has 0 aliphatic rings. The fraction of sp³-hybridized carbons (Fsp3) is 0.200. The third kappa shape index (κ3) is 3.09. The van der Waals surface area contributed by atoms with Gasteiger partial charge in [0.1, 0.15) is 0 Å². The van der Waals surface area contributed by atoms with Crippen LogP contribution in [-0.4, -0.2) is 41.4 Å². The molecule has 0 aromatic carbocycles. The van der Waals surface area contributed by atoms with Gasteiger partial charge in [0.15, 0.2) is 5.82 Å². The van der Waals surface area contributed by atoms with Crippen molar-refractivity contribution in [2.45, 2.75) is 6.42 Å². The summed E-state index contributed by atoms with van der Waals surface area (Å²) in [4.78, 5) is 16.4. The minimum absolute atomic E-state index is 0.234. The Bertz CT molecular complexity index is 680. The van der Waals surface area contributed by atoms with Crippen LogP contribution in [0.3, 0.4) is 0 Å². The number of hydrogen-bond donors (Lipinski definition) is 3. The van der Waals surface area contributed by atoms with Crippen molar-refractivity contribution in [2.24, 2.45) is 5.84 Å². The van der Waals surface area contributed by atoms with E-state index in [2.05, 4.69) is 45.5 Å². The highest BCUT2D eigenvalue weighted by atomic mass is 16.5. The topological polar surface area (TPSA) is 145 Å². The summed E-state index contributed by atoms with van der Waals surface area (Å²) < 4.78 is 6.16. The lowest BCUT2D eigenvalue weighted by Gasteiger charge is -2.07. The Balaban J connectivity index is 1.73. The van der Waals surface area contributed by atoms with Crippen molar-refractivity contribution in [3.05, 3.63) is 30.7 Å². The van der Waals surface area contributed by atoms with Crippen LogP contribution in [0, 0.1) is 0 Å². The smallest absolute Gasteiger partial charge is 0.257 e. The number of anilines is 2. The summed E-state index contributed by atoms with van der Waals surface area (Å²) in [6.45, 7) is 0.534. The van der Waals surface area contributed by atoms with Gasteiger partial charge in [-0.3, -0.25) is 5.43 Å². The highest BCUT2D eigenvalue weighted by molar-refractivity contribution is 5.36. The molecule has 21 heavy (non-hydrogen) atoms. The number of nitrogens with one attached hydrogen (secondary N) is 2. The molecule has 0 aliphatic carbocycles. The van der Waals surface area contributed by atoms with E-state index in [4.69, 9.17) is 5.84 Å². The molecule has 0 spiro atoms. The van der Waals surface area contributed by atoms with E-state index in [1.165, 1.54) is 11.1 Å². The molecule has 0 atom stereocenters. The fourth-order valence-corrected chi connectivity index (χ4v) is 1.59. The maximum absolute atomic E-state index is 5.35. The average molecular weight is 288 g/mol. The number of hydrazine groups is 1. The highest BCUT2D eigenvalue weighted by Crippen LogP contribution is 2.07. The lowest BCUT2D eigenvalue weighted by atomic mass is 10.4. The van der Waals surface area contributed by atoms with Crippen molar-refractivity contribution in [3.8, 4) is 5.95 Å². The predicted octanol–water partition coefficient (Wildman–Crippen LogP) is -0.620. The van der Waals surface area contributed by atoms with Gasteiger partial charge < -0.3 is 9.84 Å². The Kier molecular flexibility index (Phi) is 3.64. The molecule has 0 fully saturated rings. The van der Waals surface area contributed by atoms with Gasteiger partial charge in [-0.05, 0) is 6.07 Å². The number of nitrogen functional groups attached to an aromatic ring is 1. The first-order chi connectivity index (χ1) is 10.3. The Morgan fingerprint density at radius 3 is 2.86 bits per heavy atom. The molecule has 11 heteroatoms. The Labute approximate surface area is 118 Å². The van der Waals surface area contributed by atoms with Crippen molar-refractivity contribution >= 4 is 11.9 Å². The molecule has 0 bridgehead atoms. The van der Waals surface area contributed by atoms with E-state index in [9.17, 15) is 0 Å². The standard InChI is InChI=1S/C10H12N10O/c11-18-9-15-8(12-4-2-7-13-6-21-19-7)16-10(17-9)20-5-1-3-14-20/h1,3,5-6H,2,4,11H2,(H2,12,15,16,17,18). The molecule has 0 aliphatic heterocycles. The lowest BCUT2D eigenvalue weighted by molar-refractivity contribution is 0.410. The molecular formula is C10H12N10O. The molecule has 108 valence electrons. The van der Waals surface area contributed by atoms with E-state index in [0.29, 0.717) is 30.7 Å². The monoisotopic (exact) mass is 288 g/mol. The molecular weight excluding hydrogens is 276 g/mol. The summed E-state index contributed by atoms with van der Waals surface area (Å²) in [6, 6.07) is 1.77. The van der Waals surface area contributed by atoms with E-state index in [0.717, 1.165) is 0 Å². The number of aromatic nitrogens is 7. The maximum atomic E-state index is 5.35. The second kappa shape index (κ2) is 5.92. The average Bonchev–Trinajstić information content (AvgIpc) is 3.20. The summed E-state index contributed by atoms with van der Waals surface area (Å²) >= 11 is 0. The van der Waals surface area contributed by atoms with Crippen LogP contribution >= 0.6 is 0 Å². The van der Waals surface area contributed by atoms with E-state index >= 15 is 0 Å². The first-order valence-electron chi connectivity index (χ1n) is 6.07. The van der Waals surface area contributed by atoms with Gasteiger partial charge in [0.25, 0.3) is 5.95 Å². The van der Waals surface area contributed by atoms with Crippen molar-refractivity contribution in [1.29, 1.82) is 0 Å². The van der Waals surface area contributed by atoms with Crippen LogP contribution in [0.5, 0.6) is 0 Å². The summed E-state index contributed by atoms with van der Waals surface area (Å²) in [5, 5.41) is 10.8. The van der Waals surface area contributed by atoms with Crippen molar-refractivity contribution in [2.75, 3.05) is 17.3 Å². The van der Waals surface area contributed by atoms with Gasteiger partial charge in [-0.2, -0.15) is 25.0 Å². The van der Waals surface area contributed by atoms with Gasteiger partial charge in [-0.1, -0.05) is 5.16 Å². The van der Waals surface area contributed by atoms with Gasteiger partial charge in [-0.15, -0.1) is 0 Å². The maximum Gasteiger partial charge on any atom is 0.257 e. The molecule has 0 saturated carbocycles. The summed E-state index contributed by atoms with van der Waals surface area (Å²) in [5.74, 6) is 6.91. The molecule has 11 nitrogen and oxygen atoms in total. The van der Waals surface area contributed by atoms with Gasteiger partial charge in [0.05, 0.1) is 0 Å². The largest absolute Gasteiger partial charge is 0.354 e. The molecule has 3 aromatic heterocycles. The van der Waals surface area contributed by atoms with Crippen LogP contribution in [0.4, 0.5) is 11.9 Å². The summed E-state index contributed by atoms with van der Waals surface area (Å²) in [5.41, 5.74) is 2.39. The van der Waals surface area contributed by atoms with E-state index in [1.54, 1.807) is 18.5 Å². The van der Waals surface area contributed by atoms with E-state index in [1.807, 2.05) is 0 Å². The molecule has 3 rings (SSSR count). The molecule has 0 unspecified atom stereocenters. The van der Waals surface area contributed by atoms with Crippen LogP contribution in [-0.2, 0) is 6.42 Å². The third-order valence-electron chi connectivity index (χ3n) is 2.50. The molecule has 0 amide bonds. The van der Waals surface area contributed by atoms with Crippen LogP contribution in [0.15, 0.2) is 29.4 Å². The highest BCUT2D eigenvalue weighted by Gasteiger charge is 2.08. The summed E-state index contributed by atoms with van der Waals surface area (Å²) in [6.07, 6.45) is 5.20. The second-order valence-corrected chi connectivity index (χ2v) is 3.90. The van der Waals surface area contributed by atoms with Crippen LogP contribution in [0.25, 0.3) is 5.95 Å². The number of rotatable bonds is 6. The van der Waals surface area contributed by atoms with E-state index in [-0.39, 0.29) is 5.95 Å². The third-order valence-corrected chi connectivity index (χ3v) is 2.50. The number of hydrogen-bond acceptors (Lipinski definition) is 10. The minimum Gasteiger partial charge on any atom is -0.354 e. The Hall–Kier alpha value is -3.08. The zero-order valence-electron chi connectivity index (χ0n) is 10.8. The first-order valence-corrected chi connectivity index (χ1v) is 6.07. The van der Waals surface area contributed by atoms with Gasteiger partial charge in [-0.25, -0.2) is 10.5 Å². The molecule has 3 heterocycles. The second-order valence-electron chi connectivity index (χ2n) is 3.90. The normalized spacial score (nSPS) is 10.5. The van der Waals surface area contributed by atoms with Crippen molar-refractivity contribution in [3.63, 3.8) is 0 Å². The minimum atomic E-state index is 0.234. The zero-order valence-corrected chi connectivity index (χ0v) is 10.8. The number of nitrogens with two attached hydrogens (primary N) is 1. The Morgan fingerprint density at radius 1 is 1.24 bits per heavy atom. The van der Waals surface area contributed by atoms with Gasteiger partial charge >= 0.3 is 0 Å². The summed E-state index contributed by atoms with van der Waals surface area (Å²) in [7, 11) is 0. The van der Waals surface area contributed by atoms with Crippen LogP contribution in [0.2, 0.25) is 0 Å². The Morgan fingerprint density at radius 2 is 2.14 bits per heavy atom. The van der Waals surface area contributed by atoms with Crippen LogP contribution < -0.4 is 16.6 Å². The quantitative estimate of drug-likeness (QED) is 0.396. The molecule has 3 aromatic rings. The lowest BCUT2D eigenvalue weighted by Crippen LogP contribution is -2.17. The van der Waals surface area contributed by atoms with Crippen LogP contribution in [0.1, 0.15) is 5.82 Å². The zero-order chi connectivity index (χ0) is 14.5. The first kappa shape index (κ1) is 12.9. The predicted molar refractivity (Wildman–Crippen MR) is 71.3 cm³/mol. The molecule has 4 N–H and O–H groups in total. The fourth-order valence-electron chi connectivity index (χ4n) is 1.59. The van der Waals surface area contributed by atoms with Crippen molar-refractivity contribution < 1.29 is 4.52 Å². The van der Waals surface area contributed by atoms with E-state index < -0.39 is 0 Å². The van der Waals surface area contributed by atoms with Gasteiger partial charge in [0, 0.05) is 25.4 Å². The SMILES string of the molecule is NNc1nc(NCCc2ncon2)nc(-n2cccn2)n1.